The van der Waals surface area contributed by atoms with Crippen LogP contribution < -0.4 is 0 Å². The van der Waals surface area contributed by atoms with E-state index in [9.17, 15) is 14.9 Å². The van der Waals surface area contributed by atoms with Crippen molar-refractivity contribution in [3.8, 4) is 6.07 Å². The monoisotopic (exact) mass is 402 g/mol. The summed E-state index contributed by atoms with van der Waals surface area (Å²) in [5.41, 5.74) is 0.868. The van der Waals surface area contributed by atoms with Crippen molar-refractivity contribution in [1.29, 1.82) is 5.26 Å². The molecule has 1 aliphatic carbocycles. The van der Waals surface area contributed by atoms with E-state index in [0.29, 0.717) is 22.9 Å². The molecular weight excluding hydrogens is 384 g/mol. The molecule has 3 rings (SSSR count). The Kier molecular flexibility index (Phi) is 5.93. The minimum Gasteiger partial charge on any atom is -0.457 e. The normalized spacial score (nSPS) is 16.5. The molecule has 0 N–H and O–H groups in total. The van der Waals surface area contributed by atoms with Crippen LogP contribution >= 0.6 is 22.9 Å². The number of hydrogen-bond donors (Lipinski definition) is 0. The maximum Gasteiger partial charge on any atom is 0.316 e. The van der Waals surface area contributed by atoms with Crippen molar-refractivity contribution < 1.29 is 14.3 Å². The lowest BCUT2D eigenvalue weighted by atomic mass is 9.79. The summed E-state index contributed by atoms with van der Waals surface area (Å²) < 4.78 is 5.39. The quantitative estimate of drug-likeness (QED) is 0.671. The zero-order chi connectivity index (χ0) is 19.4. The number of nitriles is 1. The van der Waals surface area contributed by atoms with Crippen LogP contribution in [0.15, 0.2) is 29.6 Å². The summed E-state index contributed by atoms with van der Waals surface area (Å²) in [4.78, 5) is 29.5. The Hall–Kier alpha value is -2.23. The molecule has 7 heteroatoms. The fraction of sp³-hybridized carbons (Fsp3) is 0.400. The molecule has 1 heterocycles. The lowest BCUT2D eigenvalue weighted by Gasteiger charge is -2.27. The van der Waals surface area contributed by atoms with Crippen LogP contribution in [-0.4, -0.2) is 23.3 Å². The summed E-state index contributed by atoms with van der Waals surface area (Å²) in [6, 6.07) is 9.16. The fourth-order valence-electron chi connectivity index (χ4n) is 3.49. The van der Waals surface area contributed by atoms with Crippen molar-refractivity contribution in [1.82, 2.24) is 4.98 Å². The first-order chi connectivity index (χ1) is 13.0. The molecule has 1 atom stereocenters. The van der Waals surface area contributed by atoms with Gasteiger partial charge >= 0.3 is 5.97 Å². The highest BCUT2D eigenvalue weighted by Crippen LogP contribution is 2.42. The van der Waals surface area contributed by atoms with Gasteiger partial charge in [0.1, 0.15) is 5.01 Å². The van der Waals surface area contributed by atoms with Gasteiger partial charge in [0.15, 0.2) is 18.3 Å². The zero-order valence-corrected chi connectivity index (χ0v) is 16.5. The van der Waals surface area contributed by atoms with Gasteiger partial charge in [0, 0.05) is 16.1 Å². The van der Waals surface area contributed by atoms with Gasteiger partial charge in [-0.1, -0.05) is 36.6 Å². The minimum absolute atomic E-state index is 0.414. The highest BCUT2D eigenvalue weighted by Gasteiger charge is 2.44. The molecule has 27 heavy (non-hydrogen) atoms. The number of aromatic nitrogens is 1. The van der Waals surface area contributed by atoms with Gasteiger partial charge in [-0.3, -0.25) is 9.59 Å². The largest absolute Gasteiger partial charge is 0.457 e. The summed E-state index contributed by atoms with van der Waals surface area (Å²) in [5, 5.41) is 12.2. The number of nitrogens with zero attached hydrogens (tertiary/aromatic N) is 2. The van der Waals surface area contributed by atoms with Crippen LogP contribution in [0.3, 0.4) is 0 Å². The standard InChI is InChI=1S/C20H19ClN2O3S/c1-13-12-27-18(23-13)16(10-22)17(24)11-26-19(25)20(8-2-3-9-20)14-4-6-15(21)7-5-14/h4-7,12,16H,2-3,8-9,11H2,1H3. The second kappa shape index (κ2) is 8.20. The molecule has 0 aliphatic heterocycles. The molecule has 1 aromatic heterocycles. The Morgan fingerprint density at radius 1 is 1.33 bits per heavy atom. The predicted octanol–water partition coefficient (Wildman–Crippen LogP) is 4.34. The van der Waals surface area contributed by atoms with Gasteiger partial charge in [-0.15, -0.1) is 11.3 Å². The SMILES string of the molecule is Cc1csc(C(C#N)C(=O)COC(=O)C2(c3ccc(Cl)cc3)CCCC2)n1. The van der Waals surface area contributed by atoms with Crippen LogP contribution in [0.2, 0.25) is 5.02 Å². The molecule has 140 valence electrons. The molecule has 0 amide bonds. The van der Waals surface area contributed by atoms with E-state index in [2.05, 4.69) is 4.98 Å². The van der Waals surface area contributed by atoms with Gasteiger partial charge in [0.05, 0.1) is 11.5 Å². The summed E-state index contributed by atoms with van der Waals surface area (Å²) in [6.45, 7) is 1.37. The molecule has 2 aromatic rings. The number of halogens is 1. The smallest absolute Gasteiger partial charge is 0.316 e. The number of carbonyl (C=O) groups is 2. The number of carbonyl (C=O) groups excluding carboxylic acids is 2. The molecule has 1 unspecified atom stereocenters. The molecule has 0 radical (unpaired) electrons. The van der Waals surface area contributed by atoms with E-state index in [1.165, 1.54) is 11.3 Å². The minimum atomic E-state index is -1.01. The Morgan fingerprint density at radius 3 is 2.56 bits per heavy atom. The maximum atomic E-state index is 12.9. The van der Waals surface area contributed by atoms with Crippen LogP contribution in [0.25, 0.3) is 0 Å². The summed E-state index contributed by atoms with van der Waals surface area (Å²) >= 11 is 7.22. The third-order valence-corrected chi connectivity index (χ3v) is 6.20. The van der Waals surface area contributed by atoms with Gasteiger partial charge in [-0.25, -0.2) is 4.98 Å². The Morgan fingerprint density at radius 2 is 2.00 bits per heavy atom. The van der Waals surface area contributed by atoms with Crippen LogP contribution in [0.4, 0.5) is 0 Å². The molecule has 1 fully saturated rings. The number of benzene rings is 1. The van der Waals surface area contributed by atoms with Gasteiger partial charge in [-0.2, -0.15) is 5.26 Å². The third kappa shape index (κ3) is 4.05. The number of thiazole rings is 1. The van der Waals surface area contributed by atoms with Crippen molar-refractivity contribution in [3.05, 3.63) is 50.9 Å². The van der Waals surface area contributed by atoms with Crippen LogP contribution in [-0.2, 0) is 19.7 Å². The van der Waals surface area contributed by atoms with Gasteiger partial charge in [0.2, 0.25) is 0 Å². The molecule has 0 spiro atoms. The first-order valence-electron chi connectivity index (χ1n) is 8.74. The molecule has 1 aliphatic rings. The average molecular weight is 403 g/mol. The first kappa shape index (κ1) is 19.5. The first-order valence-corrected chi connectivity index (χ1v) is 10.00. The summed E-state index contributed by atoms with van der Waals surface area (Å²) in [5.74, 6) is -1.88. The van der Waals surface area contributed by atoms with E-state index in [0.717, 1.165) is 24.1 Å². The number of ether oxygens (including phenoxy) is 1. The van der Waals surface area contributed by atoms with Crippen molar-refractivity contribution in [2.75, 3.05) is 6.61 Å². The van der Waals surface area contributed by atoms with Crippen molar-refractivity contribution in [2.45, 2.75) is 43.9 Å². The summed E-state index contributed by atoms with van der Waals surface area (Å²) in [6.07, 6.45) is 3.19. The summed E-state index contributed by atoms with van der Waals surface area (Å²) in [7, 11) is 0. The highest BCUT2D eigenvalue weighted by molar-refractivity contribution is 7.09. The van der Waals surface area contributed by atoms with Crippen molar-refractivity contribution in [2.24, 2.45) is 0 Å². The lowest BCUT2D eigenvalue weighted by molar-refractivity contribution is -0.154. The Labute approximate surface area is 166 Å². The topological polar surface area (TPSA) is 80.0 Å². The number of rotatable bonds is 6. The number of esters is 1. The van der Waals surface area contributed by atoms with E-state index >= 15 is 0 Å². The fourth-order valence-corrected chi connectivity index (χ4v) is 4.47. The zero-order valence-electron chi connectivity index (χ0n) is 14.9. The van der Waals surface area contributed by atoms with E-state index in [4.69, 9.17) is 16.3 Å². The number of aryl methyl sites for hydroxylation is 1. The predicted molar refractivity (Wildman–Crippen MR) is 103 cm³/mol. The van der Waals surface area contributed by atoms with Gasteiger partial charge < -0.3 is 4.74 Å². The second-order valence-electron chi connectivity index (χ2n) is 6.73. The van der Waals surface area contributed by atoms with Crippen molar-refractivity contribution in [3.63, 3.8) is 0 Å². The number of hydrogen-bond acceptors (Lipinski definition) is 6. The maximum absolute atomic E-state index is 12.9. The molecule has 0 saturated heterocycles. The molecule has 5 nitrogen and oxygen atoms in total. The number of Topliss-reactive ketones (excluding diaryl/α,β-unsaturated/α-hetero) is 1. The lowest BCUT2D eigenvalue weighted by Crippen LogP contribution is -2.36. The third-order valence-electron chi connectivity index (χ3n) is 4.92. The Balaban J connectivity index is 1.72. The van der Waals surface area contributed by atoms with E-state index in [1.54, 1.807) is 24.4 Å². The van der Waals surface area contributed by atoms with Gasteiger partial charge in [0.25, 0.3) is 0 Å². The molecule has 0 bridgehead atoms. The van der Waals surface area contributed by atoms with Gasteiger partial charge in [-0.05, 0) is 37.5 Å². The van der Waals surface area contributed by atoms with E-state index in [-0.39, 0.29) is 0 Å². The van der Waals surface area contributed by atoms with Crippen LogP contribution in [0.1, 0.15) is 47.9 Å². The number of ketones is 1. The average Bonchev–Trinajstić information content (AvgIpc) is 3.31. The van der Waals surface area contributed by atoms with E-state index in [1.807, 2.05) is 18.2 Å². The molecule has 1 saturated carbocycles. The molecule has 1 aromatic carbocycles. The van der Waals surface area contributed by atoms with E-state index < -0.39 is 29.7 Å². The second-order valence-corrected chi connectivity index (χ2v) is 8.05. The molecular formula is C20H19ClN2O3S. The Bertz CT molecular complexity index is 879. The highest BCUT2D eigenvalue weighted by atomic mass is 35.5. The van der Waals surface area contributed by atoms with Crippen molar-refractivity contribution >= 4 is 34.7 Å². The van der Waals surface area contributed by atoms with Crippen LogP contribution in [0, 0.1) is 18.3 Å². The van der Waals surface area contributed by atoms with Crippen LogP contribution in [0.5, 0.6) is 0 Å².